The Labute approximate surface area is 183 Å². The molecule has 1 aliphatic heterocycles. The standard InChI is InChI=1S/C25H30N4O2/c1-19-7-9-20(10-8-19)24(11-3-4-12-24)23-27-22(31-28-23)18-29-16-13-25(30,14-17-29)21-6-2-5-15-26-21/h2,5-10,15,30H,3-4,11-14,16-18H2,1H3. The molecule has 0 spiro atoms. The zero-order valence-corrected chi connectivity index (χ0v) is 18.1. The lowest BCUT2D eigenvalue weighted by atomic mass is 9.78. The zero-order chi connectivity index (χ0) is 21.3. The van der Waals surface area contributed by atoms with Crippen LogP contribution >= 0.6 is 0 Å². The van der Waals surface area contributed by atoms with E-state index in [0.717, 1.165) is 37.4 Å². The lowest BCUT2D eigenvalue weighted by Crippen LogP contribution is -2.42. The molecule has 31 heavy (non-hydrogen) atoms. The van der Waals surface area contributed by atoms with Gasteiger partial charge in [-0.25, -0.2) is 0 Å². The van der Waals surface area contributed by atoms with Crippen molar-refractivity contribution in [3.8, 4) is 0 Å². The van der Waals surface area contributed by atoms with E-state index in [-0.39, 0.29) is 5.41 Å². The van der Waals surface area contributed by atoms with Crippen molar-refractivity contribution in [2.75, 3.05) is 13.1 Å². The van der Waals surface area contributed by atoms with Crippen LogP contribution < -0.4 is 0 Å². The van der Waals surface area contributed by atoms with Crippen LogP contribution in [0.5, 0.6) is 0 Å². The molecule has 2 aromatic heterocycles. The molecule has 2 fully saturated rings. The molecule has 0 bridgehead atoms. The van der Waals surface area contributed by atoms with Crippen molar-refractivity contribution in [1.29, 1.82) is 0 Å². The molecule has 6 heteroatoms. The summed E-state index contributed by atoms with van der Waals surface area (Å²) in [4.78, 5) is 11.5. The van der Waals surface area contributed by atoms with Gasteiger partial charge in [0.05, 0.1) is 17.7 Å². The Hall–Kier alpha value is -2.57. The molecular formula is C25H30N4O2. The Bertz CT molecular complexity index is 1000. The molecule has 0 radical (unpaired) electrons. The zero-order valence-electron chi connectivity index (χ0n) is 18.1. The molecule has 1 N–H and O–H groups in total. The van der Waals surface area contributed by atoms with Gasteiger partial charge < -0.3 is 9.63 Å². The minimum Gasteiger partial charge on any atom is -0.383 e. The van der Waals surface area contributed by atoms with E-state index in [4.69, 9.17) is 9.51 Å². The molecule has 162 valence electrons. The number of pyridine rings is 1. The van der Waals surface area contributed by atoms with Gasteiger partial charge in [0.2, 0.25) is 5.89 Å². The molecule has 3 heterocycles. The average Bonchev–Trinajstić information content (AvgIpc) is 3.47. The highest BCUT2D eigenvalue weighted by Crippen LogP contribution is 2.45. The summed E-state index contributed by atoms with van der Waals surface area (Å²) in [5.74, 6) is 1.49. The Morgan fingerprint density at radius 1 is 1.00 bits per heavy atom. The van der Waals surface area contributed by atoms with E-state index in [9.17, 15) is 5.11 Å². The third-order valence-corrected chi connectivity index (χ3v) is 7.14. The summed E-state index contributed by atoms with van der Waals surface area (Å²) in [6, 6.07) is 14.5. The summed E-state index contributed by atoms with van der Waals surface area (Å²) in [6.07, 6.45) is 7.56. The third-order valence-electron chi connectivity index (χ3n) is 7.14. The highest BCUT2D eigenvalue weighted by Gasteiger charge is 2.42. The minimum absolute atomic E-state index is 0.128. The topological polar surface area (TPSA) is 75.3 Å². The number of hydrogen-bond acceptors (Lipinski definition) is 6. The molecule has 2 aliphatic rings. The molecule has 1 saturated carbocycles. The van der Waals surface area contributed by atoms with E-state index in [2.05, 4.69) is 46.2 Å². The smallest absolute Gasteiger partial charge is 0.240 e. The molecule has 1 saturated heterocycles. The first kappa shape index (κ1) is 20.3. The molecule has 0 amide bonds. The predicted molar refractivity (Wildman–Crippen MR) is 117 cm³/mol. The van der Waals surface area contributed by atoms with Crippen molar-refractivity contribution in [2.45, 2.75) is 63.0 Å². The highest BCUT2D eigenvalue weighted by molar-refractivity contribution is 5.35. The molecule has 6 nitrogen and oxygen atoms in total. The van der Waals surface area contributed by atoms with Gasteiger partial charge in [0.15, 0.2) is 5.82 Å². The van der Waals surface area contributed by atoms with Crippen molar-refractivity contribution in [3.63, 3.8) is 0 Å². The van der Waals surface area contributed by atoms with Gasteiger partial charge in [0, 0.05) is 19.3 Å². The van der Waals surface area contributed by atoms with Crippen molar-refractivity contribution in [1.82, 2.24) is 20.0 Å². The Morgan fingerprint density at radius 2 is 1.74 bits per heavy atom. The summed E-state index contributed by atoms with van der Waals surface area (Å²) < 4.78 is 5.71. The third kappa shape index (κ3) is 3.90. The SMILES string of the molecule is Cc1ccc(C2(c3noc(CN4CCC(O)(c5ccccn5)CC4)n3)CCCC2)cc1. The summed E-state index contributed by atoms with van der Waals surface area (Å²) in [5, 5.41) is 15.5. The quantitative estimate of drug-likeness (QED) is 0.672. The fraction of sp³-hybridized carbons (Fsp3) is 0.480. The summed E-state index contributed by atoms with van der Waals surface area (Å²) in [7, 11) is 0. The Morgan fingerprint density at radius 3 is 2.42 bits per heavy atom. The first-order chi connectivity index (χ1) is 15.1. The first-order valence-corrected chi connectivity index (χ1v) is 11.3. The largest absolute Gasteiger partial charge is 0.383 e. The highest BCUT2D eigenvalue weighted by atomic mass is 16.5. The minimum atomic E-state index is -0.850. The second-order valence-corrected chi connectivity index (χ2v) is 9.19. The summed E-state index contributed by atoms with van der Waals surface area (Å²) >= 11 is 0. The predicted octanol–water partition coefficient (Wildman–Crippen LogP) is 4.12. The summed E-state index contributed by atoms with van der Waals surface area (Å²) in [5.41, 5.74) is 2.34. The molecule has 1 aliphatic carbocycles. The van der Waals surface area contributed by atoms with Gasteiger partial charge in [-0.05, 0) is 50.3 Å². The first-order valence-electron chi connectivity index (χ1n) is 11.3. The lowest BCUT2D eigenvalue weighted by molar-refractivity contribution is -0.0328. The van der Waals surface area contributed by atoms with E-state index in [1.165, 1.54) is 24.0 Å². The average molecular weight is 419 g/mol. The Balaban J connectivity index is 1.28. The maximum Gasteiger partial charge on any atom is 0.240 e. The fourth-order valence-corrected chi connectivity index (χ4v) is 5.17. The van der Waals surface area contributed by atoms with Crippen molar-refractivity contribution >= 4 is 0 Å². The van der Waals surface area contributed by atoms with Gasteiger partial charge in [-0.15, -0.1) is 0 Å². The van der Waals surface area contributed by atoms with Crippen LogP contribution in [0.15, 0.2) is 53.2 Å². The van der Waals surface area contributed by atoms with Crippen LogP contribution in [0.1, 0.15) is 67.1 Å². The lowest BCUT2D eigenvalue weighted by Gasteiger charge is -2.37. The van der Waals surface area contributed by atoms with Gasteiger partial charge in [0.25, 0.3) is 0 Å². The van der Waals surface area contributed by atoms with Crippen LogP contribution in [-0.4, -0.2) is 38.2 Å². The number of piperidine rings is 1. The molecule has 0 atom stereocenters. The van der Waals surface area contributed by atoms with Crippen molar-refractivity contribution in [2.24, 2.45) is 0 Å². The van der Waals surface area contributed by atoms with Crippen LogP contribution in [0.4, 0.5) is 0 Å². The molecular weight excluding hydrogens is 388 g/mol. The van der Waals surface area contributed by atoms with E-state index >= 15 is 0 Å². The van der Waals surface area contributed by atoms with Crippen LogP contribution in [0.2, 0.25) is 0 Å². The Kier molecular flexibility index (Phi) is 5.36. The van der Waals surface area contributed by atoms with E-state index in [0.29, 0.717) is 25.3 Å². The molecule has 5 rings (SSSR count). The number of hydrogen-bond donors (Lipinski definition) is 1. The van der Waals surface area contributed by atoms with E-state index < -0.39 is 5.60 Å². The normalized spacial score (nSPS) is 20.7. The van der Waals surface area contributed by atoms with E-state index in [1.54, 1.807) is 6.20 Å². The number of aliphatic hydroxyl groups is 1. The molecule has 3 aromatic rings. The van der Waals surface area contributed by atoms with Crippen LogP contribution in [0.25, 0.3) is 0 Å². The van der Waals surface area contributed by atoms with E-state index in [1.807, 2.05) is 18.2 Å². The molecule has 0 unspecified atom stereocenters. The number of aromatic nitrogens is 3. The number of benzene rings is 1. The van der Waals surface area contributed by atoms with Gasteiger partial charge in [-0.2, -0.15) is 4.98 Å². The number of nitrogens with zero attached hydrogens (tertiary/aromatic N) is 4. The maximum absolute atomic E-state index is 11.0. The monoisotopic (exact) mass is 418 g/mol. The number of rotatable bonds is 5. The van der Waals surface area contributed by atoms with Gasteiger partial charge >= 0.3 is 0 Å². The second-order valence-electron chi connectivity index (χ2n) is 9.19. The number of likely N-dealkylation sites (tertiary alicyclic amines) is 1. The van der Waals surface area contributed by atoms with Crippen LogP contribution in [-0.2, 0) is 17.6 Å². The fourth-order valence-electron chi connectivity index (χ4n) is 5.17. The van der Waals surface area contributed by atoms with Crippen molar-refractivity contribution in [3.05, 3.63) is 77.2 Å². The number of aryl methyl sites for hydroxylation is 1. The van der Waals surface area contributed by atoms with Gasteiger partial charge in [-0.3, -0.25) is 9.88 Å². The second kappa shape index (κ2) is 8.17. The van der Waals surface area contributed by atoms with Gasteiger partial charge in [-0.1, -0.05) is 53.9 Å². The maximum atomic E-state index is 11.0. The summed E-state index contributed by atoms with van der Waals surface area (Å²) in [6.45, 7) is 4.28. The van der Waals surface area contributed by atoms with Crippen LogP contribution in [0, 0.1) is 6.92 Å². The van der Waals surface area contributed by atoms with Gasteiger partial charge in [0.1, 0.15) is 5.60 Å². The van der Waals surface area contributed by atoms with Crippen molar-refractivity contribution < 1.29 is 9.63 Å². The van der Waals surface area contributed by atoms with Crippen LogP contribution in [0.3, 0.4) is 0 Å². The molecule has 1 aromatic carbocycles.